The first-order valence-electron chi connectivity index (χ1n) is 5.28. The van der Waals surface area contributed by atoms with Crippen LogP contribution in [0.4, 0.5) is 11.4 Å². The molecule has 98 valence electrons. The number of thiazole rings is 1. The van der Waals surface area contributed by atoms with Crippen LogP contribution in [0, 0.1) is 10.1 Å². The molecule has 19 heavy (non-hydrogen) atoms. The molecule has 1 amide bonds. The summed E-state index contributed by atoms with van der Waals surface area (Å²) in [4.78, 5) is 26.2. The van der Waals surface area contributed by atoms with Gasteiger partial charge in [0.1, 0.15) is 10.6 Å². The van der Waals surface area contributed by atoms with Gasteiger partial charge in [0.25, 0.3) is 11.6 Å². The van der Waals surface area contributed by atoms with Crippen LogP contribution in [0.25, 0.3) is 0 Å². The second-order valence-electron chi connectivity index (χ2n) is 3.64. The van der Waals surface area contributed by atoms with Crippen molar-refractivity contribution < 1.29 is 9.72 Å². The lowest BCUT2D eigenvalue weighted by Crippen LogP contribution is -2.23. The fourth-order valence-corrected chi connectivity index (χ4v) is 2.04. The number of nitrogens with two attached hydrogens (primary N) is 1. The lowest BCUT2D eigenvalue weighted by Gasteiger charge is -2.05. The number of carbonyl (C=O) groups excluding carboxylic acids is 1. The average Bonchev–Trinajstić information content (AvgIpc) is 2.88. The third-order valence-electron chi connectivity index (χ3n) is 2.35. The predicted molar refractivity (Wildman–Crippen MR) is 70.8 cm³/mol. The molecule has 0 saturated heterocycles. The van der Waals surface area contributed by atoms with Crippen molar-refractivity contribution >= 4 is 28.6 Å². The number of nitrogens with one attached hydrogen (secondary N) is 1. The molecule has 0 fully saturated rings. The van der Waals surface area contributed by atoms with E-state index in [1.807, 2.05) is 0 Å². The zero-order chi connectivity index (χ0) is 13.8. The van der Waals surface area contributed by atoms with Crippen molar-refractivity contribution in [2.75, 3.05) is 5.73 Å². The molecule has 0 bridgehead atoms. The Kier molecular flexibility index (Phi) is 3.71. The smallest absolute Gasteiger partial charge is 0.282 e. The van der Waals surface area contributed by atoms with Crippen molar-refractivity contribution in [2.45, 2.75) is 6.54 Å². The Bertz CT molecular complexity index is 612. The number of amides is 1. The number of nitrogen functional groups attached to an aromatic ring is 1. The highest BCUT2D eigenvalue weighted by atomic mass is 32.1. The molecule has 2 rings (SSSR count). The molecule has 0 aliphatic rings. The molecule has 0 radical (unpaired) electrons. The molecule has 7 nitrogen and oxygen atoms in total. The quantitative estimate of drug-likeness (QED) is 0.501. The minimum atomic E-state index is -0.613. The van der Waals surface area contributed by atoms with E-state index in [2.05, 4.69) is 10.3 Å². The van der Waals surface area contributed by atoms with Gasteiger partial charge in [-0.05, 0) is 12.1 Å². The summed E-state index contributed by atoms with van der Waals surface area (Å²) >= 11 is 1.39. The van der Waals surface area contributed by atoms with Crippen LogP contribution >= 0.6 is 11.3 Å². The second-order valence-corrected chi connectivity index (χ2v) is 4.62. The minimum Gasteiger partial charge on any atom is -0.399 e. The fraction of sp³-hybridized carbons (Fsp3) is 0.0909. The van der Waals surface area contributed by atoms with Gasteiger partial charge < -0.3 is 11.1 Å². The zero-order valence-corrected chi connectivity index (χ0v) is 10.5. The SMILES string of the molecule is Nc1ccc([N+](=O)[O-])c(C(=O)NCc2nccs2)c1. The highest BCUT2D eigenvalue weighted by Crippen LogP contribution is 2.21. The first-order chi connectivity index (χ1) is 9.08. The molecule has 8 heteroatoms. The van der Waals surface area contributed by atoms with Crippen molar-refractivity contribution in [3.05, 3.63) is 50.5 Å². The summed E-state index contributed by atoms with van der Waals surface area (Å²) in [5.41, 5.74) is 5.51. The first-order valence-corrected chi connectivity index (χ1v) is 6.16. The number of carbonyl (C=O) groups is 1. The van der Waals surface area contributed by atoms with Gasteiger partial charge in [-0.2, -0.15) is 0 Å². The third kappa shape index (κ3) is 3.05. The highest BCUT2D eigenvalue weighted by molar-refractivity contribution is 7.09. The van der Waals surface area contributed by atoms with Crippen LogP contribution in [0.2, 0.25) is 0 Å². The number of nitro benzene ring substituents is 1. The second kappa shape index (κ2) is 5.44. The predicted octanol–water partition coefficient (Wildman–Crippen LogP) is 1.56. The highest BCUT2D eigenvalue weighted by Gasteiger charge is 2.20. The van der Waals surface area contributed by atoms with Crippen molar-refractivity contribution in [1.29, 1.82) is 0 Å². The first kappa shape index (κ1) is 13.0. The van der Waals surface area contributed by atoms with Crippen molar-refractivity contribution in [1.82, 2.24) is 10.3 Å². The summed E-state index contributed by atoms with van der Waals surface area (Å²) in [7, 11) is 0. The molecular formula is C11H10N4O3S. The molecule has 1 heterocycles. The molecule has 3 N–H and O–H groups in total. The van der Waals surface area contributed by atoms with Gasteiger partial charge in [0, 0.05) is 23.3 Å². The molecule has 0 aliphatic carbocycles. The molecule has 0 aliphatic heterocycles. The van der Waals surface area contributed by atoms with Crippen LogP contribution in [-0.4, -0.2) is 15.8 Å². The minimum absolute atomic E-state index is 0.0541. The largest absolute Gasteiger partial charge is 0.399 e. The summed E-state index contributed by atoms with van der Waals surface area (Å²) in [5.74, 6) is -0.547. The molecule has 1 aromatic heterocycles. The number of rotatable bonds is 4. The summed E-state index contributed by atoms with van der Waals surface area (Å²) in [6, 6.07) is 3.89. The Morgan fingerprint density at radius 1 is 1.53 bits per heavy atom. The van der Waals surface area contributed by atoms with E-state index in [-0.39, 0.29) is 17.8 Å². The van der Waals surface area contributed by atoms with Crippen LogP contribution in [-0.2, 0) is 6.54 Å². The molecule has 0 saturated carbocycles. The summed E-state index contributed by atoms with van der Waals surface area (Å²) in [5, 5.41) is 15.9. The van der Waals surface area contributed by atoms with Crippen LogP contribution < -0.4 is 11.1 Å². The number of benzene rings is 1. The Morgan fingerprint density at radius 3 is 2.95 bits per heavy atom. The maximum atomic E-state index is 11.9. The number of anilines is 1. The Hall–Kier alpha value is -2.48. The van der Waals surface area contributed by atoms with Gasteiger partial charge in [0.05, 0.1) is 11.5 Å². The van der Waals surface area contributed by atoms with Gasteiger partial charge in [-0.25, -0.2) is 4.98 Å². The van der Waals surface area contributed by atoms with Gasteiger partial charge in [-0.15, -0.1) is 11.3 Å². The lowest BCUT2D eigenvalue weighted by atomic mass is 10.1. The van der Waals surface area contributed by atoms with E-state index < -0.39 is 10.8 Å². The van der Waals surface area contributed by atoms with E-state index in [0.717, 1.165) is 5.01 Å². The van der Waals surface area contributed by atoms with Crippen LogP contribution in [0.1, 0.15) is 15.4 Å². The number of hydrogen-bond acceptors (Lipinski definition) is 6. The molecule has 1 aromatic carbocycles. The zero-order valence-electron chi connectivity index (χ0n) is 9.70. The van der Waals surface area contributed by atoms with Crippen molar-refractivity contribution in [3.8, 4) is 0 Å². The van der Waals surface area contributed by atoms with E-state index in [9.17, 15) is 14.9 Å². The Morgan fingerprint density at radius 2 is 2.32 bits per heavy atom. The van der Waals surface area contributed by atoms with Crippen molar-refractivity contribution in [3.63, 3.8) is 0 Å². The molecule has 2 aromatic rings. The Balaban J connectivity index is 2.18. The maximum Gasteiger partial charge on any atom is 0.282 e. The molecule has 0 unspecified atom stereocenters. The van der Waals surface area contributed by atoms with Gasteiger partial charge in [-0.1, -0.05) is 0 Å². The van der Waals surface area contributed by atoms with Gasteiger partial charge in [-0.3, -0.25) is 14.9 Å². The van der Waals surface area contributed by atoms with Crippen LogP contribution in [0.3, 0.4) is 0 Å². The van der Waals surface area contributed by atoms with E-state index in [4.69, 9.17) is 5.73 Å². The number of aromatic nitrogens is 1. The summed E-state index contributed by atoms with van der Waals surface area (Å²) in [6.07, 6.45) is 1.62. The molecule has 0 spiro atoms. The van der Waals surface area contributed by atoms with Crippen LogP contribution in [0.5, 0.6) is 0 Å². The Labute approximate surface area is 112 Å². The van der Waals surface area contributed by atoms with E-state index in [1.54, 1.807) is 11.6 Å². The number of nitrogens with zero attached hydrogens (tertiary/aromatic N) is 2. The average molecular weight is 278 g/mol. The molecule has 0 atom stereocenters. The molecular weight excluding hydrogens is 268 g/mol. The standard InChI is InChI=1S/C11H10N4O3S/c12-7-1-2-9(15(17)18)8(5-7)11(16)14-6-10-13-3-4-19-10/h1-5H,6,12H2,(H,14,16). The number of hydrogen-bond donors (Lipinski definition) is 2. The van der Waals surface area contributed by atoms with Gasteiger partial charge in [0.15, 0.2) is 0 Å². The monoisotopic (exact) mass is 278 g/mol. The topological polar surface area (TPSA) is 111 Å². The van der Waals surface area contributed by atoms with Crippen molar-refractivity contribution in [2.24, 2.45) is 0 Å². The van der Waals surface area contributed by atoms with Crippen LogP contribution in [0.15, 0.2) is 29.8 Å². The fourth-order valence-electron chi connectivity index (χ4n) is 1.49. The summed E-state index contributed by atoms with van der Waals surface area (Å²) in [6.45, 7) is 0.225. The van der Waals surface area contributed by atoms with E-state index in [1.165, 1.54) is 29.5 Å². The lowest BCUT2D eigenvalue weighted by molar-refractivity contribution is -0.385. The van der Waals surface area contributed by atoms with E-state index in [0.29, 0.717) is 5.69 Å². The number of nitro groups is 1. The third-order valence-corrected chi connectivity index (χ3v) is 3.13. The van der Waals surface area contributed by atoms with Gasteiger partial charge >= 0.3 is 0 Å². The van der Waals surface area contributed by atoms with E-state index >= 15 is 0 Å². The summed E-state index contributed by atoms with van der Waals surface area (Å²) < 4.78 is 0. The maximum absolute atomic E-state index is 11.9. The normalized spacial score (nSPS) is 10.1. The van der Waals surface area contributed by atoms with Gasteiger partial charge in [0.2, 0.25) is 0 Å².